The van der Waals surface area contributed by atoms with Gasteiger partial charge in [0.25, 0.3) is 5.91 Å². The van der Waals surface area contributed by atoms with E-state index in [0.717, 1.165) is 0 Å². The van der Waals surface area contributed by atoms with Crippen molar-refractivity contribution in [1.82, 2.24) is 10.6 Å². The first-order chi connectivity index (χ1) is 14.7. The van der Waals surface area contributed by atoms with Crippen LogP contribution in [0.2, 0.25) is 0 Å². The van der Waals surface area contributed by atoms with Gasteiger partial charge in [0.1, 0.15) is 5.92 Å². The monoisotopic (exact) mass is 424 g/mol. The Morgan fingerprint density at radius 2 is 1.32 bits per heavy atom. The molecule has 0 aliphatic carbocycles. The molecular formula is C24H32N4O3. The molecule has 7 nitrogen and oxygen atoms in total. The van der Waals surface area contributed by atoms with Gasteiger partial charge in [-0.3, -0.25) is 14.4 Å². The summed E-state index contributed by atoms with van der Waals surface area (Å²) in [5.41, 5.74) is 7.79. The molecule has 0 bridgehead atoms. The minimum Gasteiger partial charge on any atom is -0.397 e. The molecule has 0 fully saturated rings. The maximum atomic E-state index is 12.8. The van der Waals surface area contributed by atoms with Crippen molar-refractivity contribution in [3.05, 3.63) is 59.7 Å². The summed E-state index contributed by atoms with van der Waals surface area (Å²) in [4.78, 5) is 38.1. The quantitative estimate of drug-likeness (QED) is 0.366. The lowest BCUT2D eigenvalue weighted by Crippen LogP contribution is -2.41. The van der Waals surface area contributed by atoms with Gasteiger partial charge in [-0.2, -0.15) is 0 Å². The van der Waals surface area contributed by atoms with Crippen molar-refractivity contribution in [2.45, 2.75) is 33.6 Å². The van der Waals surface area contributed by atoms with Crippen LogP contribution in [0.15, 0.2) is 48.5 Å². The zero-order valence-electron chi connectivity index (χ0n) is 18.6. The lowest BCUT2D eigenvalue weighted by atomic mass is 9.95. The number of nitrogen functional groups attached to an aromatic ring is 1. The van der Waals surface area contributed by atoms with E-state index in [2.05, 4.69) is 16.0 Å². The number of benzene rings is 2. The minimum atomic E-state index is -0.987. The van der Waals surface area contributed by atoms with Crippen molar-refractivity contribution in [1.29, 1.82) is 0 Å². The maximum Gasteiger partial charge on any atom is 0.255 e. The average molecular weight is 425 g/mol. The van der Waals surface area contributed by atoms with Crippen LogP contribution in [0, 0.1) is 11.8 Å². The fourth-order valence-electron chi connectivity index (χ4n) is 2.87. The third kappa shape index (κ3) is 7.13. The smallest absolute Gasteiger partial charge is 0.255 e. The molecule has 0 unspecified atom stereocenters. The van der Waals surface area contributed by atoms with Gasteiger partial charge < -0.3 is 21.7 Å². The molecule has 0 aliphatic rings. The van der Waals surface area contributed by atoms with Gasteiger partial charge in [0.15, 0.2) is 0 Å². The van der Waals surface area contributed by atoms with E-state index in [0.29, 0.717) is 35.6 Å². The number of amides is 3. The molecule has 3 amide bonds. The lowest BCUT2D eigenvalue weighted by molar-refractivity contribution is -0.131. The molecule has 0 aromatic heterocycles. The van der Waals surface area contributed by atoms with E-state index < -0.39 is 5.92 Å². The Balaban J connectivity index is 2.19. The van der Waals surface area contributed by atoms with E-state index in [9.17, 15) is 14.4 Å². The van der Waals surface area contributed by atoms with Gasteiger partial charge in [0, 0.05) is 18.7 Å². The summed E-state index contributed by atoms with van der Waals surface area (Å²) in [6, 6.07) is 13.5. The van der Waals surface area contributed by atoms with Crippen LogP contribution in [0.5, 0.6) is 0 Å². The van der Waals surface area contributed by atoms with E-state index in [1.54, 1.807) is 48.5 Å². The predicted molar refractivity (Wildman–Crippen MR) is 124 cm³/mol. The van der Waals surface area contributed by atoms with E-state index in [1.165, 1.54) is 0 Å². The summed E-state index contributed by atoms with van der Waals surface area (Å²) < 4.78 is 0. The largest absolute Gasteiger partial charge is 0.397 e. The summed E-state index contributed by atoms with van der Waals surface area (Å²) in [6.07, 6.45) is 0. The Labute approximate surface area is 183 Å². The molecule has 2 aromatic rings. The van der Waals surface area contributed by atoms with Gasteiger partial charge in [-0.05, 0) is 41.7 Å². The SMILES string of the molecule is CC(C)CNC(=O)C(C(=O)NCC(C)C)c1ccc(C(=O)Nc2ccccc2N)cc1. The van der Waals surface area contributed by atoms with Gasteiger partial charge in [-0.25, -0.2) is 0 Å². The van der Waals surface area contributed by atoms with Crippen molar-refractivity contribution in [3.8, 4) is 0 Å². The molecule has 7 heteroatoms. The van der Waals surface area contributed by atoms with Crippen LogP contribution in [0.3, 0.4) is 0 Å². The number of nitrogens with two attached hydrogens (primary N) is 1. The van der Waals surface area contributed by atoms with Crippen LogP contribution in [-0.4, -0.2) is 30.8 Å². The molecule has 0 saturated heterocycles. The second-order valence-corrected chi connectivity index (χ2v) is 8.37. The molecule has 5 N–H and O–H groups in total. The van der Waals surface area contributed by atoms with Crippen molar-refractivity contribution in [3.63, 3.8) is 0 Å². The zero-order chi connectivity index (χ0) is 23.0. The Hall–Kier alpha value is -3.35. The molecule has 0 heterocycles. The molecule has 0 saturated carbocycles. The molecule has 0 atom stereocenters. The fourth-order valence-corrected chi connectivity index (χ4v) is 2.87. The highest BCUT2D eigenvalue weighted by Gasteiger charge is 2.28. The van der Waals surface area contributed by atoms with E-state index >= 15 is 0 Å². The lowest BCUT2D eigenvalue weighted by Gasteiger charge is -2.19. The molecule has 2 rings (SSSR count). The van der Waals surface area contributed by atoms with Crippen LogP contribution in [0.4, 0.5) is 11.4 Å². The van der Waals surface area contributed by atoms with E-state index in [1.807, 2.05) is 27.7 Å². The number of hydrogen-bond donors (Lipinski definition) is 4. The number of hydrogen-bond acceptors (Lipinski definition) is 4. The van der Waals surface area contributed by atoms with Gasteiger partial charge in [-0.1, -0.05) is 52.0 Å². The molecule has 0 spiro atoms. The molecule has 31 heavy (non-hydrogen) atoms. The summed E-state index contributed by atoms with van der Waals surface area (Å²) in [5.74, 6) is -1.50. The number of carbonyl (C=O) groups is 3. The Morgan fingerprint density at radius 3 is 1.81 bits per heavy atom. The third-order valence-electron chi connectivity index (χ3n) is 4.61. The normalized spacial score (nSPS) is 10.9. The molecular weight excluding hydrogens is 392 g/mol. The van der Waals surface area contributed by atoms with Gasteiger partial charge in [0.2, 0.25) is 11.8 Å². The Morgan fingerprint density at radius 1 is 0.806 bits per heavy atom. The first-order valence-corrected chi connectivity index (χ1v) is 10.5. The van der Waals surface area contributed by atoms with Crippen molar-refractivity contribution >= 4 is 29.1 Å². The van der Waals surface area contributed by atoms with Crippen LogP contribution < -0.4 is 21.7 Å². The number of carbonyl (C=O) groups excluding carboxylic acids is 3. The highest BCUT2D eigenvalue weighted by molar-refractivity contribution is 6.07. The number of para-hydroxylation sites is 2. The van der Waals surface area contributed by atoms with Crippen LogP contribution in [0.25, 0.3) is 0 Å². The average Bonchev–Trinajstić information content (AvgIpc) is 2.73. The summed E-state index contributed by atoms with van der Waals surface area (Å²) in [6.45, 7) is 8.90. The molecule has 0 aliphatic heterocycles. The fraction of sp³-hybridized carbons (Fsp3) is 0.375. The number of nitrogens with one attached hydrogen (secondary N) is 3. The zero-order valence-corrected chi connectivity index (χ0v) is 18.6. The summed E-state index contributed by atoms with van der Waals surface area (Å²) >= 11 is 0. The Kier molecular flexibility index (Phi) is 8.61. The van der Waals surface area contributed by atoms with Gasteiger partial charge in [-0.15, -0.1) is 0 Å². The van der Waals surface area contributed by atoms with Crippen LogP contribution in [0.1, 0.15) is 49.5 Å². The van der Waals surface area contributed by atoms with Gasteiger partial charge >= 0.3 is 0 Å². The second-order valence-electron chi connectivity index (χ2n) is 8.37. The highest BCUT2D eigenvalue weighted by Crippen LogP contribution is 2.20. The standard InChI is InChI=1S/C24H32N4O3/c1-15(2)13-26-23(30)21(24(31)27-14-16(3)4)17-9-11-18(12-10-17)22(29)28-20-8-6-5-7-19(20)25/h5-12,15-16,21H,13-14,25H2,1-4H3,(H,26,30)(H,27,31)(H,28,29). The van der Waals surface area contributed by atoms with Crippen molar-refractivity contribution < 1.29 is 14.4 Å². The molecule has 166 valence electrons. The minimum absolute atomic E-state index is 0.264. The molecule has 0 radical (unpaired) electrons. The number of rotatable bonds is 9. The maximum absolute atomic E-state index is 12.8. The Bertz CT molecular complexity index is 883. The van der Waals surface area contributed by atoms with Crippen LogP contribution in [-0.2, 0) is 9.59 Å². The predicted octanol–water partition coefficient (Wildman–Crippen LogP) is 3.15. The first kappa shape index (κ1) is 23.9. The van der Waals surface area contributed by atoms with E-state index in [4.69, 9.17) is 5.73 Å². The summed E-state index contributed by atoms with van der Waals surface area (Å²) in [7, 11) is 0. The molecule has 2 aromatic carbocycles. The van der Waals surface area contributed by atoms with Crippen molar-refractivity contribution in [2.75, 3.05) is 24.1 Å². The van der Waals surface area contributed by atoms with Crippen LogP contribution >= 0.6 is 0 Å². The highest BCUT2D eigenvalue weighted by atomic mass is 16.2. The third-order valence-corrected chi connectivity index (χ3v) is 4.61. The second kappa shape index (κ2) is 11.2. The number of anilines is 2. The first-order valence-electron chi connectivity index (χ1n) is 10.5. The topological polar surface area (TPSA) is 113 Å². The summed E-state index contributed by atoms with van der Waals surface area (Å²) in [5, 5.41) is 8.43. The van der Waals surface area contributed by atoms with Crippen molar-refractivity contribution in [2.24, 2.45) is 11.8 Å². The van der Waals surface area contributed by atoms with E-state index in [-0.39, 0.29) is 29.6 Å². The van der Waals surface area contributed by atoms with Gasteiger partial charge in [0.05, 0.1) is 11.4 Å².